The molecule has 1 saturated carbocycles. The van der Waals surface area contributed by atoms with Crippen LogP contribution in [0.2, 0.25) is 0 Å². The number of nitrogens with one attached hydrogen (secondary N) is 1. The van der Waals surface area contributed by atoms with E-state index in [2.05, 4.69) is 5.32 Å². The monoisotopic (exact) mass is 307 g/mol. The lowest BCUT2D eigenvalue weighted by Gasteiger charge is -2.18. The Balaban J connectivity index is 1.88. The number of aliphatic carboxylic acids is 1. The first kappa shape index (κ1) is 15.9. The summed E-state index contributed by atoms with van der Waals surface area (Å²) in [5.41, 5.74) is 0. The van der Waals surface area contributed by atoms with Gasteiger partial charge in [-0.05, 0) is 37.8 Å². The van der Waals surface area contributed by atoms with Crippen molar-refractivity contribution in [2.75, 3.05) is 0 Å². The van der Waals surface area contributed by atoms with Gasteiger partial charge in [-0.2, -0.15) is 0 Å². The summed E-state index contributed by atoms with van der Waals surface area (Å²) < 4.78 is 0. The Hall–Kier alpha value is -1.49. The fourth-order valence-corrected chi connectivity index (χ4v) is 3.60. The van der Waals surface area contributed by atoms with Gasteiger partial charge in [0, 0.05) is 10.9 Å². The molecule has 3 atom stereocenters. The summed E-state index contributed by atoms with van der Waals surface area (Å²) in [5, 5.41) is 11.9. The maximum atomic E-state index is 12.3. The number of thioether (sulfide) groups is 1. The number of carbonyl (C=O) groups is 2. The zero-order valence-electron chi connectivity index (χ0n) is 12.1. The second-order valence-corrected chi connectivity index (χ2v) is 6.66. The molecule has 5 heteroatoms. The predicted octanol–water partition coefficient (Wildman–Crippen LogP) is 2.93. The summed E-state index contributed by atoms with van der Waals surface area (Å²) in [6, 6.07) is 9.87. The van der Waals surface area contributed by atoms with Crippen molar-refractivity contribution in [2.24, 2.45) is 5.92 Å². The van der Waals surface area contributed by atoms with Crippen molar-refractivity contribution in [2.45, 2.75) is 48.8 Å². The molecule has 1 aromatic rings. The van der Waals surface area contributed by atoms with Crippen molar-refractivity contribution < 1.29 is 14.7 Å². The largest absolute Gasteiger partial charge is 0.481 e. The van der Waals surface area contributed by atoms with Crippen LogP contribution in [0.15, 0.2) is 35.2 Å². The van der Waals surface area contributed by atoms with Crippen LogP contribution in [0.25, 0.3) is 0 Å². The molecule has 21 heavy (non-hydrogen) atoms. The molecule has 1 aliphatic rings. The number of hydrogen-bond donors (Lipinski definition) is 2. The first-order valence-electron chi connectivity index (χ1n) is 7.35. The quantitative estimate of drug-likeness (QED) is 0.793. The predicted molar refractivity (Wildman–Crippen MR) is 83.3 cm³/mol. The van der Waals surface area contributed by atoms with E-state index < -0.39 is 5.97 Å². The van der Waals surface area contributed by atoms with Gasteiger partial charge in [-0.1, -0.05) is 25.1 Å². The topological polar surface area (TPSA) is 66.4 Å². The van der Waals surface area contributed by atoms with Gasteiger partial charge in [-0.25, -0.2) is 0 Å². The molecule has 114 valence electrons. The minimum Gasteiger partial charge on any atom is -0.481 e. The highest BCUT2D eigenvalue weighted by atomic mass is 32.2. The van der Waals surface area contributed by atoms with Gasteiger partial charge < -0.3 is 10.4 Å². The molecule has 1 unspecified atom stereocenters. The standard InChI is InChI=1S/C16H21NO3S/c1-2-14(21-13-6-4-3-5-7-13)15(18)17-12-9-8-11(10-12)16(19)20/h3-7,11-12,14H,2,8-10H2,1H3,(H,17,18)(H,19,20)/t11-,12+,14?/m1/s1. The molecule has 1 aliphatic carbocycles. The third-order valence-corrected chi connectivity index (χ3v) is 5.19. The van der Waals surface area contributed by atoms with Crippen LogP contribution < -0.4 is 5.32 Å². The lowest BCUT2D eigenvalue weighted by Crippen LogP contribution is -2.39. The number of amides is 1. The molecule has 1 amide bonds. The summed E-state index contributed by atoms with van der Waals surface area (Å²) in [7, 11) is 0. The maximum absolute atomic E-state index is 12.3. The Labute approximate surface area is 129 Å². The van der Waals surface area contributed by atoms with Gasteiger partial charge >= 0.3 is 5.97 Å². The molecule has 0 bridgehead atoms. The second kappa shape index (κ2) is 7.50. The fourth-order valence-electron chi connectivity index (χ4n) is 2.62. The number of carbonyl (C=O) groups excluding carboxylic acids is 1. The second-order valence-electron chi connectivity index (χ2n) is 5.38. The van der Waals surface area contributed by atoms with E-state index >= 15 is 0 Å². The summed E-state index contributed by atoms with van der Waals surface area (Å²) in [5.74, 6) is -1.04. The Morgan fingerprint density at radius 3 is 2.62 bits per heavy atom. The van der Waals surface area contributed by atoms with Crippen LogP contribution in [0.3, 0.4) is 0 Å². The van der Waals surface area contributed by atoms with Gasteiger partial charge in [0.15, 0.2) is 0 Å². The number of rotatable bonds is 6. The van der Waals surface area contributed by atoms with E-state index in [0.29, 0.717) is 12.8 Å². The minimum absolute atomic E-state index is 0.00373. The van der Waals surface area contributed by atoms with Gasteiger partial charge in [0.1, 0.15) is 0 Å². The van der Waals surface area contributed by atoms with E-state index in [9.17, 15) is 9.59 Å². The van der Waals surface area contributed by atoms with Crippen LogP contribution in [0.4, 0.5) is 0 Å². The van der Waals surface area contributed by atoms with Gasteiger partial charge in [-0.15, -0.1) is 11.8 Å². The molecular weight excluding hydrogens is 286 g/mol. The SMILES string of the molecule is CCC(Sc1ccccc1)C(=O)N[C@H]1CC[C@@H](C(=O)O)C1. The highest BCUT2D eigenvalue weighted by Gasteiger charge is 2.31. The summed E-state index contributed by atoms with van der Waals surface area (Å²) in [4.78, 5) is 24.4. The van der Waals surface area contributed by atoms with Crippen LogP contribution in [0.1, 0.15) is 32.6 Å². The van der Waals surface area contributed by atoms with E-state index in [-0.39, 0.29) is 23.1 Å². The molecule has 4 nitrogen and oxygen atoms in total. The molecule has 1 aromatic carbocycles. The molecule has 0 radical (unpaired) electrons. The van der Waals surface area contributed by atoms with Gasteiger partial charge in [-0.3, -0.25) is 9.59 Å². The van der Waals surface area contributed by atoms with Gasteiger partial charge in [0.25, 0.3) is 0 Å². The van der Waals surface area contributed by atoms with Crippen molar-refractivity contribution in [3.8, 4) is 0 Å². The summed E-state index contributed by atoms with van der Waals surface area (Å²) >= 11 is 1.56. The van der Waals surface area contributed by atoms with E-state index in [4.69, 9.17) is 5.11 Å². The molecule has 0 saturated heterocycles. The first-order chi connectivity index (χ1) is 10.1. The summed E-state index contributed by atoms with van der Waals surface area (Å²) in [6.45, 7) is 1.99. The average Bonchev–Trinajstić information content (AvgIpc) is 2.94. The average molecular weight is 307 g/mol. The van der Waals surface area contributed by atoms with Crippen molar-refractivity contribution in [1.29, 1.82) is 0 Å². The minimum atomic E-state index is -0.752. The zero-order valence-corrected chi connectivity index (χ0v) is 12.9. The third-order valence-electron chi connectivity index (χ3n) is 3.81. The van der Waals surface area contributed by atoms with Gasteiger partial charge in [0.2, 0.25) is 5.91 Å². The van der Waals surface area contributed by atoms with Crippen LogP contribution in [0.5, 0.6) is 0 Å². The summed E-state index contributed by atoms with van der Waals surface area (Å²) in [6.07, 6.45) is 2.71. The van der Waals surface area contributed by atoms with Crippen LogP contribution in [-0.2, 0) is 9.59 Å². The normalized spacial score (nSPS) is 22.7. The van der Waals surface area contributed by atoms with E-state index in [1.807, 2.05) is 37.3 Å². The highest BCUT2D eigenvalue weighted by molar-refractivity contribution is 8.00. The number of carboxylic acids is 1. The smallest absolute Gasteiger partial charge is 0.306 e. The molecule has 0 spiro atoms. The fraction of sp³-hybridized carbons (Fsp3) is 0.500. The lowest BCUT2D eigenvalue weighted by atomic mass is 10.1. The van der Waals surface area contributed by atoms with Crippen LogP contribution in [0, 0.1) is 5.92 Å². The molecule has 2 rings (SSSR count). The third kappa shape index (κ3) is 4.49. The molecule has 0 aliphatic heterocycles. The Kier molecular flexibility index (Phi) is 5.67. The lowest BCUT2D eigenvalue weighted by molar-refractivity contribution is -0.141. The molecular formula is C16H21NO3S. The Morgan fingerprint density at radius 2 is 2.05 bits per heavy atom. The Bertz CT molecular complexity index is 492. The van der Waals surface area contributed by atoms with Crippen molar-refractivity contribution >= 4 is 23.6 Å². The number of hydrogen-bond acceptors (Lipinski definition) is 3. The first-order valence-corrected chi connectivity index (χ1v) is 8.23. The van der Waals surface area contributed by atoms with Crippen LogP contribution in [-0.4, -0.2) is 28.3 Å². The van der Waals surface area contributed by atoms with Gasteiger partial charge in [0.05, 0.1) is 11.2 Å². The van der Waals surface area contributed by atoms with Crippen molar-refractivity contribution in [3.05, 3.63) is 30.3 Å². The molecule has 1 fully saturated rings. The number of carboxylic acid groups (broad SMARTS) is 1. The van der Waals surface area contributed by atoms with Crippen molar-refractivity contribution in [3.63, 3.8) is 0 Å². The van der Waals surface area contributed by atoms with Crippen molar-refractivity contribution in [1.82, 2.24) is 5.32 Å². The van der Waals surface area contributed by atoms with E-state index in [0.717, 1.165) is 17.7 Å². The molecule has 2 N–H and O–H groups in total. The molecule has 0 aromatic heterocycles. The number of benzene rings is 1. The zero-order chi connectivity index (χ0) is 15.2. The highest BCUT2D eigenvalue weighted by Crippen LogP contribution is 2.28. The van der Waals surface area contributed by atoms with Crippen LogP contribution >= 0.6 is 11.8 Å². The Morgan fingerprint density at radius 1 is 1.33 bits per heavy atom. The molecule has 0 heterocycles. The maximum Gasteiger partial charge on any atom is 0.306 e. The van der Waals surface area contributed by atoms with E-state index in [1.54, 1.807) is 11.8 Å². The van der Waals surface area contributed by atoms with E-state index in [1.165, 1.54) is 0 Å².